The fourth-order valence-corrected chi connectivity index (χ4v) is 4.08. The molecule has 1 saturated carbocycles. The van der Waals surface area contributed by atoms with Gasteiger partial charge >= 0.3 is 0 Å². The minimum absolute atomic E-state index is 0.143. The molecule has 2 fully saturated rings. The van der Waals surface area contributed by atoms with Crippen LogP contribution in [-0.4, -0.2) is 61.7 Å². The zero-order valence-electron chi connectivity index (χ0n) is 15.5. The molecule has 8 heteroatoms. The Morgan fingerprint density at radius 1 is 1.22 bits per heavy atom. The van der Waals surface area contributed by atoms with Crippen molar-refractivity contribution in [3.05, 3.63) is 36.2 Å². The van der Waals surface area contributed by atoms with Gasteiger partial charge in [-0.05, 0) is 45.1 Å². The molecule has 1 amide bonds. The van der Waals surface area contributed by atoms with E-state index in [0.29, 0.717) is 30.6 Å². The smallest absolute Gasteiger partial charge is 0.270 e. The molecule has 1 aliphatic heterocycles. The van der Waals surface area contributed by atoms with Gasteiger partial charge in [-0.15, -0.1) is 0 Å². The molecule has 3 heterocycles. The number of nitrogens with zero attached hydrogens (tertiary/aromatic N) is 5. The summed E-state index contributed by atoms with van der Waals surface area (Å²) in [6, 6.07) is 2.30. The Hall–Kier alpha value is -2.35. The lowest BCUT2D eigenvalue weighted by atomic mass is 9.90. The van der Waals surface area contributed by atoms with Crippen LogP contribution < -0.4 is 5.32 Å². The van der Waals surface area contributed by atoms with Crippen molar-refractivity contribution >= 4 is 5.91 Å². The third-order valence-electron chi connectivity index (χ3n) is 5.52. The van der Waals surface area contributed by atoms with Crippen LogP contribution in [0.5, 0.6) is 0 Å². The zero-order valence-corrected chi connectivity index (χ0v) is 15.5. The Labute approximate surface area is 158 Å². The lowest BCUT2D eigenvalue weighted by Crippen LogP contribution is -2.43. The highest BCUT2D eigenvalue weighted by Gasteiger charge is 2.31. The maximum atomic E-state index is 13.4. The molecular formula is C19H25FN6O. The van der Waals surface area contributed by atoms with Gasteiger partial charge in [-0.25, -0.2) is 19.3 Å². The van der Waals surface area contributed by atoms with Crippen LogP contribution in [-0.2, 0) is 0 Å². The molecule has 2 aromatic rings. The maximum Gasteiger partial charge on any atom is 0.270 e. The fraction of sp³-hybridized carbons (Fsp3) is 0.579. The minimum atomic E-state index is -0.673. The van der Waals surface area contributed by atoms with E-state index in [2.05, 4.69) is 25.2 Å². The van der Waals surface area contributed by atoms with E-state index < -0.39 is 6.17 Å². The Morgan fingerprint density at radius 2 is 2.04 bits per heavy atom. The molecule has 1 saturated heterocycles. The molecule has 0 unspecified atom stereocenters. The molecule has 2 aromatic heterocycles. The molecule has 0 spiro atoms. The summed E-state index contributed by atoms with van der Waals surface area (Å²) < 4.78 is 15.1. The quantitative estimate of drug-likeness (QED) is 0.889. The summed E-state index contributed by atoms with van der Waals surface area (Å²) in [5, 5.41) is 3.11. The number of aromatic nitrogens is 4. The number of likely N-dealkylation sites (tertiary alicyclic amines) is 1. The first kappa shape index (κ1) is 18.0. The Kier molecular flexibility index (Phi) is 5.15. The number of hydrogen-bond donors (Lipinski definition) is 1. The summed E-state index contributed by atoms with van der Waals surface area (Å²) in [6.45, 7) is 3.28. The molecule has 27 heavy (non-hydrogen) atoms. The van der Waals surface area contributed by atoms with Gasteiger partial charge < -0.3 is 5.32 Å². The van der Waals surface area contributed by atoms with Crippen molar-refractivity contribution in [3.8, 4) is 5.95 Å². The van der Waals surface area contributed by atoms with Gasteiger partial charge in [0, 0.05) is 43.3 Å². The van der Waals surface area contributed by atoms with Gasteiger partial charge in [0.05, 0.1) is 0 Å². The van der Waals surface area contributed by atoms with Crippen LogP contribution in [0.25, 0.3) is 5.95 Å². The van der Waals surface area contributed by atoms with Crippen molar-refractivity contribution in [1.29, 1.82) is 0 Å². The molecule has 0 radical (unpaired) electrons. The summed E-state index contributed by atoms with van der Waals surface area (Å²) >= 11 is 0. The fourth-order valence-electron chi connectivity index (χ4n) is 4.08. The summed E-state index contributed by atoms with van der Waals surface area (Å²) in [4.78, 5) is 27.7. The number of carbonyl (C=O) groups excluding carboxylic acids is 1. The van der Waals surface area contributed by atoms with Gasteiger partial charge in [0.25, 0.3) is 5.91 Å². The van der Waals surface area contributed by atoms with E-state index in [1.807, 2.05) is 6.92 Å². The molecular weight excluding hydrogens is 347 g/mol. The number of imidazole rings is 1. The molecule has 7 nitrogen and oxygen atoms in total. The number of halogens is 1. The topological polar surface area (TPSA) is 75.9 Å². The molecule has 0 bridgehead atoms. The van der Waals surface area contributed by atoms with Crippen LogP contribution in [0.15, 0.2) is 24.8 Å². The van der Waals surface area contributed by atoms with E-state index in [0.717, 1.165) is 37.9 Å². The van der Waals surface area contributed by atoms with Gasteiger partial charge in [-0.1, -0.05) is 0 Å². The number of amides is 1. The Balaban J connectivity index is 1.36. The van der Waals surface area contributed by atoms with Crippen molar-refractivity contribution < 1.29 is 9.18 Å². The lowest BCUT2D eigenvalue weighted by Gasteiger charge is -2.34. The van der Waals surface area contributed by atoms with Crippen molar-refractivity contribution in [1.82, 2.24) is 29.7 Å². The summed E-state index contributed by atoms with van der Waals surface area (Å²) in [5.41, 5.74) is 1.10. The first-order valence-electron chi connectivity index (χ1n) is 9.61. The zero-order chi connectivity index (χ0) is 18.8. The molecule has 144 valence electrons. The Morgan fingerprint density at radius 3 is 2.70 bits per heavy atom. The van der Waals surface area contributed by atoms with Crippen molar-refractivity contribution in [2.24, 2.45) is 0 Å². The van der Waals surface area contributed by atoms with E-state index >= 15 is 0 Å². The van der Waals surface area contributed by atoms with E-state index in [1.165, 1.54) is 0 Å². The first-order chi connectivity index (χ1) is 13.1. The summed E-state index contributed by atoms with van der Waals surface area (Å²) in [5.74, 6) is 0.270. The average Bonchev–Trinajstić information content (AvgIpc) is 3.34. The number of nitrogens with one attached hydrogen (secondary N) is 1. The van der Waals surface area contributed by atoms with E-state index in [4.69, 9.17) is 0 Å². The van der Waals surface area contributed by atoms with Crippen molar-refractivity contribution in [2.75, 3.05) is 13.1 Å². The molecule has 2 aliphatic rings. The van der Waals surface area contributed by atoms with Crippen LogP contribution in [0.1, 0.15) is 48.3 Å². The lowest BCUT2D eigenvalue weighted by molar-refractivity contribution is 0.0904. The minimum Gasteiger partial charge on any atom is -0.348 e. The van der Waals surface area contributed by atoms with Crippen LogP contribution in [0.4, 0.5) is 4.39 Å². The van der Waals surface area contributed by atoms with Gasteiger partial charge in [0.15, 0.2) is 0 Å². The van der Waals surface area contributed by atoms with Crippen LogP contribution in [0.3, 0.4) is 0 Å². The third-order valence-corrected chi connectivity index (χ3v) is 5.52. The second-order valence-corrected chi connectivity index (χ2v) is 7.52. The number of hydrogen-bond acceptors (Lipinski definition) is 5. The number of carbonyl (C=O) groups is 1. The highest BCUT2D eigenvalue weighted by molar-refractivity contribution is 5.92. The molecule has 0 aromatic carbocycles. The SMILES string of the molecule is Cc1cc(C(=O)N[C@H]2CC[C@H](N3CC[C@H](F)C3)CC2)nc(-n2ccnc2)n1. The predicted octanol–water partition coefficient (Wildman–Crippen LogP) is 2.06. The molecule has 4 rings (SSSR count). The second-order valence-electron chi connectivity index (χ2n) is 7.52. The average molecular weight is 372 g/mol. The van der Waals surface area contributed by atoms with Crippen LogP contribution >= 0.6 is 0 Å². The summed E-state index contributed by atoms with van der Waals surface area (Å²) in [7, 11) is 0. The number of rotatable bonds is 4. The normalized spacial score (nSPS) is 26.2. The van der Waals surface area contributed by atoms with Crippen LogP contribution in [0.2, 0.25) is 0 Å². The third kappa shape index (κ3) is 4.16. The largest absolute Gasteiger partial charge is 0.348 e. The van der Waals surface area contributed by atoms with E-state index in [1.54, 1.807) is 29.4 Å². The Bertz CT molecular complexity index is 788. The van der Waals surface area contributed by atoms with Crippen molar-refractivity contribution in [2.45, 2.75) is 57.3 Å². The second kappa shape index (κ2) is 7.72. The van der Waals surface area contributed by atoms with Gasteiger partial charge in [-0.2, -0.15) is 0 Å². The maximum absolute atomic E-state index is 13.4. The first-order valence-corrected chi connectivity index (χ1v) is 9.61. The van der Waals surface area contributed by atoms with Gasteiger partial charge in [-0.3, -0.25) is 14.3 Å². The summed E-state index contributed by atoms with van der Waals surface area (Å²) in [6.07, 6.45) is 8.83. The molecule has 1 aliphatic carbocycles. The number of alkyl halides is 1. The predicted molar refractivity (Wildman–Crippen MR) is 98.5 cm³/mol. The number of aryl methyl sites for hydroxylation is 1. The van der Waals surface area contributed by atoms with Gasteiger partial charge in [0.1, 0.15) is 18.2 Å². The highest BCUT2D eigenvalue weighted by Crippen LogP contribution is 2.27. The van der Waals surface area contributed by atoms with E-state index in [9.17, 15) is 9.18 Å². The molecule has 1 N–H and O–H groups in total. The van der Waals surface area contributed by atoms with Gasteiger partial charge in [0.2, 0.25) is 5.95 Å². The standard InChI is InChI=1S/C19H25FN6O/c1-13-10-17(24-19(22-13)26-9-7-21-12-26)18(27)23-15-2-4-16(5-3-15)25-8-6-14(20)11-25/h7,9-10,12,14-16H,2-6,8,11H2,1H3,(H,23,27)/t14-,15-,16-/m0/s1. The van der Waals surface area contributed by atoms with Crippen LogP contribution in [0, 0.1) is 6.92 Å². The highest BCUT2D eigenvalue weighted by atomic mass is 19.1. The molecule has 1 atom stereocenters. The van der Waals surface area contributed by atoms with E-state index in [-0.39, 0.29) is 11.9 Å². The van der Waals surface area contributed by atoms with Crippen molar-refractivity contribution in [3.63, 3.8) is 0 Å². The monoisotopic (exact) mass is 372 g/mol.